The van der Waals surface area contributed by atoms with E-state index in [0.29, 0.717) is 18.9 Å². The first kappa shape index (κ1) is 17.4. The van der Waals surface area contributed by atoms with Crippen LogP contribution in [0.5, 0.6) is 5.88 Å². The summed E-state index contributed by atoms with van der Waals surface area (Å²) >= 11 is 0. The zero-order valence-corrected chi connectivity index (χ0v) is 12.1. The molecule has 0 aliphatic carbocycles. The molecule has 0 saturated heterocycles. The molecule has 0 spiro atoms. The van der Waals surface area contributed by atoms with Gasteiger partial charge in [-0.15, -0.1) is 12.4 Å². The van der Waals surface area contributed by atoms with Gasteiger partial charge in [-0.1, -0.05) is 0 Å². The summed E-state index contributed by atoms with van der Waals surface area (Å²) in [4.78, 5) is 20.0. The second-order valence-corrected chi connectivity index (χ2v) is 3.50. The van der Waals surface area contributed by atoms with E-state index in [-0.39, 0.29) is 29.9 Å². The Labute approximate surface area is 119 Å². The van der Waals surface area contributed by atoms with Crippen LogP contribution in [0.15, 0.2) is 6.20 Å². The molecular weight excluding hydrogens is 270 g/mol. The van der Waals surface area contributed by atoms with E-state index in [1.807, 2.05) is 14.0 Å². The SMILES string of the molecule is CCNc1cnc(C(=O)NCCNC)c(OC)n1.Cl. The highest BCUT2D eigenvalue weighted by Crippen LogP contribution is 2.15. The Hall–Kier alpha value is -1.60. The van der Waals surface area contributed by atoms with E-state index >= 15 is 0 Å². The fraction of sp³-hybridized carbons (Fsp3) is 0.545. The van der Waals surface area contributed by atoms with Gasteiger partial charge in [0.05, 0.1) is 13.3 Å². The summed E-state index contributed by atoms with van der Waals surface area (Å²) in [7, 11) is 3.28. The molecule has 0 bridgehead atoms. The molecule has 108 valence electrons. The van der Waals surface area contributed by atoms with Crippen molar-refractivity contribution >= 4 is 24.1 Å². The Bertz CT molecular complexity index is 403. The average molecular weight is 290 g/mol. The molecule has 19 heavy (non-hydrogen) atoms. The summed E-state index contributed by atoms with van der Waals surface area (Å²) in [5.41, 5.74) is 0.190. The molecule has 3 N–H and O–H groups in total. The number of nitrogens with one attached hydrogen (secondary N) is 3. The molecule has 0 aliphatic rings. The molecule has 7 nitrogen and oxygen atoms in total. The lowest BCUT2D eigenvalue weighted by atomic mass is 10.4. The fourth-order valence-corrected chi connectivity index (χ4v) is 1.32. The van der Waals surface area contributed by atoms with Crippen LogP contribution in [0.4, 0.5) is 5.82 Å². The van der Waals surface area contributed by atoms with E-state index in [4.69, 9.17) is 4.74 Å². The highest BCUT2D eigenvalue weighted by atomic mass is 35.5. The smallest absolute Gasteiger partial charge is 0.275 e. The molecule has 1 aromatic heterocycles. The molecular formula is C11H20ClN5O2. The molecule has 0 atom stereocenters. The van der Waals surface area contributed by atoms with Crippen LogP contribution in [0.1, 0.15) is 17.4 Å². The number of rotatable bonds is 7. The van der Waals surface area contributed by atoms with Gasteiger partial charge in [0.1, 0.15) is 5.82 Å². The summed E-state index contributed by atoms with van der Waals surface area (Å²) in [6.07, 6.45) is 1.51. The number of amides is 1. The van der Waals surface area contributed by atoms with Crippen LogP contribution in [0.3, 0.4) is 0 Å². The number of carbonyl (C=O) groups excluding carboxylic acids is 1. The second-order valence-electron chi connectivity index (χ2n) is 3.50. The third-order valence-corrected chi connectivity index (χ3v) is 2.17. The van der Waals surface area contributed by atoms with Gasteiger partial charge < -0.3 is 20.7 Å². The fourth-order valence-electron chi connectivity index (χ4n) is 1.32. The maximum Gasteiger partial charge on any atom is 0.275 e. The first-order chi connectivity index (χ1) is 8.72. The number of ether oxygens (including phenoxy) is 1. The predicted octanol–water partition coefficient (Wildman–Crippen LogP) is 0.288. The lowest BCUT2D eigenvalue weighted by molar-refractivity contribution is 0.0945. The van der Waals surface area contributed by atoms with Crippen LogP contribution < -0.4 is 20.7 Å². The van der Waals surface area contributed by atoms with E-state index in [1.54, 1.807) is 0 Å². The molecule has 0 fully saturated rings. The van der Waals surface area contributed by atoms with Crippen LogP contribution in [-0.2, 0) is 0 Å². The van der Waals surface area contributed by atoms with Gasteiger partial charge in [0.25, 0.3) is 5.91 Å². The number of hydrogen-bond acceptors (Lipinski definition) is 6. The standard InChI is InChI=1S/C11H19N5O2.ClH/c1-4-13-8-7-15-9(11(16-8)18-3)10(17)14-6-5-12-2;/h7,12H,4-6H2,1-3H3,(H,13,16)(H,14,17);1H. The Morgan fingerprint density at radius 2 is 2.16 bits per heavy atom. The highest BCUT2D eigenvalue weighted by Gasteiger charge is 2.15. The number of methoxy groups -OCH3 is 1. The average Bonchev–Trinajstić information content (AvgIpc) is 2.39. The lowest BCUT2D eigenvalue weighted by Gasteiger charge is -2.09. The Balaban J connectivity index is 0.00000324. The first-order valence-electron chi connectivity index (χ1n) is 5.80. The number of nitrogens with zero attached hydrogens (tertiary/aromatic N) is 2. The minimum absolute atomic E-state index is 0. The zero-order valence-electron chi connectivity index (χ0n) is 11.3. The van der Waals surface area contributed by atoms with Crippen molar-refractivity contribution in [1.29, 1.82) is 0 Å². The van der Waals surface area contributed by atoms with E-state index in [9.17, 15) is 4.79 Å². The third kappa shape index (κ3) is 5.27. The summed E-state index contributed by atoms with van der Waals surface area (Å²) in [6.45, 7) is 3.89. The van der Waals surface area contributed by atoms with Gasteiger partial charge >= 0.3 is 0 Å². The summed E-state index contributed by atoms with van der Waals surface area (Å²) in [5.74, 6) is 0.509. The maximum atomic E-state index is 11.8. The number of halogens is 1. The summed E-state index contributed by atoms with van der Waals surface area (Å²) in [6, 6.07) is 0. The van der Waals surface area contributed by atoms with Crippen molar-refractivity contribution in [2.75, 3.05) is 39.1 Å². The van der Waals surface area contributed by atoms with Crippen molar-refractivity contribution in [2.24, 2.45) is 0 Å². The molecule has 1 rings (SSSR count). The van der Waals surface area contributed by atoms with Gasteiger partial charge in [-0.2, -0.15) is 4.98 Å². The lowest BCUT2D eigenvalue weighted by Crippen LogP contribution is -2.31. The van der Waals surface area contributed by atoms with Gasteiger partial charge in [-0.25, -0.2) is 4.98 Å². The molecule has 0 aromatic carbocycles. The van der Waals surface area contributed by atoms with Crippen LogP contribution in [0, 0.1) is 0 Å². The molecule has 8 heteroatoms. The van der Waals surface area contributed by atoms with Gasteiger partial charge in [0.15, 0.2) is 5.69 Å². The number of hydrogen-bond donors (Lipinski definition) is 3. The topological polar surface area (TPSA) is 88.2 Å². The van der Waals surface area contributed by atoms with Gasteiger partial charge in [0, 0.05) is 19.6 Å². The number of aromatic nitrogens is 2. The van der Waals surface area contributed by atoms with Crippen LogP contribution in [0.25, 0.3) is 0 Å². The van der Waals surface area contributed by atoms with Crippen molar-refractivity contribution in [3.63, 3.8) is 0 Å². The Morgan fingerprint density at radius 3 is 2.74 bits per heavy atom. The van der Waals surface area contributed by atoms with Crippen molar-refractivity contribution in [1.82, 2.24) is 20.6 Å². The molecule has 0 aliphatic heterocycles. The highest BCUT2D eigenvalue weighted by molar-refractivity contribution is 5.94. The van der Waals surface area contributed by atoms with E-state index in [0.717, 1.165) is 6.54 Å². The van der Waals surface area contributed by atoms with E-state index in [1.165, 1.54) is 13.3 Å². The van der Waals surface area contributed by atoms with Gasteiger partial charge in [-0.3, -0.25) is 4.79 Å². The van der Waals surface area contributed by atoms with Crippen molar-refractivity contribution < 1.29 is 9.53 Å². The number of carbonyl (C=O) groups is 1. The van der Waals surface area contributed by atoms with Crippen molar-refractivity contribution in [3.05, 3.63) is 11.9 Å². The Morgan fingerprint density at radius 1 is 1.42 bits per heavy atom. The van der Waals surface area contributed by atoms with E-state index in [2.05, 4.69) is 25.9 Å². The maximum absolute atomic E-state index is 11.8. The first-order valence-corrected chi connectivity index (χ1v) is 5.80. The molecule has 1 aromatic rings. The monoisotopic (exact) mass is 289 g/mol. The van der Waals surface area contributed by atoms with Crippen molar-refractivity contribution in [3.8, 4) is 5.88 Å². The van der Waals surface area contributed by atoms with Gasteiger partial charge in [0.2, 0.25) is 5.88 Å². The van der Waals surface area contributed by atoms with Crippen LogP contribution in [0.2, 0.25) is 0 Å². The normalized spacial score (nSPS) is 9.42. The minimum Gasteiger partial charge on any atom is -0.479 e. The third-order valence-electron chi connectivity index (χ3n) is 2.17. The largest absolute Gasteiger partial charge is 0.479 e. The number of anilines is 1. The minimum atomic E-state index is -0.294. The Kier molecular flexibility index (Phi) is 8.56. The van der Waals surface area contributed by atoms with E-state index < -0.39 is 0 Å². The quantitative estimate of drug-likeness (QED) is 0.625. The zero-order chi connectivity index (χ0) is 13.4. The van der Waals surface area contributed by atoms with Crippen molar-refractivity contribution in [2.45, 2.75) is 6.92 Å². The molecule has 0 unspecified atom stereocenters. The second kappa shape index (κ2) is 9.35. The molecule has 1 heterocycles. The predicted molar refractivity (Wildman–Crippen MR) is 76.3 cm³/mol. The molecule has 0 radical (unpaired) electrons. The van der Waals surface area contributed by atoms with Crippen LogP contribution in [-0.4, -0.2) is 49.7 Å². The summed E-state index contributed by atoms with van der Waals surface area (Å²) < 4.78 is 5.07. The van der Waals surface area contributed by atoms with Gasteiger partial charge in [-0.05, 0) is 14.0 Å². The molecule has 0 saturated carbocycles. The summed E-state index contributed by atoms with van der Waals surface area (Å²) in [5, 5.41) is 8.66. The number of likely N-dealkylation sites (N-methyl/N-ethyl adjacent to an activating group) is 1. The van der Waals surface area contributed by atoms with Crippen LogP contribution >= 0.6 is 12.4 Å². The molecule has 1 amide bonds.